The summed E-state index contributed by atoms with van der Waals surface area (Å²) in [6.07, 6.45) is 1.89. The van der Waals surface area contributed by atoms with Crippen molar-refractivity contribution in [3.05, 3.63) is 41.7 Å². The predicted molar refractivity (Wildman–Crippen MR) is 71.9 cm³/mol. The molecule has 2 rings (SSSR count). The predicted octanol–water partition coefficient (Wildman–Crippen LogP) is 0.705. The van der Waals surface area contributed by atoms with Gasteiger partial charge in [-0.05, 0) is 24.1 Å². The third-order valence-electron chi connectivity index (χ3n) is 2.55. The fraction of sp³-hybridized carbons (Fsp3) is 0.182. The Bertz CT molecular complexity index is 683. The molecule has 0 bridgehead atoms. The number of aromatic amines is 1. The van der Waals surface area contributed by atoms with Crippen LogP contribution in [0.25, 0.3) is 0 Å². The second-order valence-corrected chi connectivity index (χ2v) is 6.51. The van der Waals surface area contributed by atoms with Crippen molar-refractivity contribution < 1.29 is 13.2 Å². The summed E-state index contributed by atoms with van der Waals surface area (Å²) in [5, 5.41) is 12.2. The van der Waals surface area contributed by atoms with E-state index in [-0.39, 0.29) is 16.5 Å². The van der Waals surface area contributed by atoms with E-state index in [2.05, 4.69) is 20.7 Å². The van der Waals surface area contributed by atoms with Crippen molar-refractivity contribution in [2.45, 2.75) is 11.3 Å². The molecule has 20 heavy (non-hydrogen) atoms. The fourth-order valence-electron chi connectivity index (χ4n) is 1.54. The van der Waals surface area contributed by atoms with E-state index in [1.165, 1.54) is 18.3 Å². The van der Waals surface area contributed by atoms with Crippen molar-refractivity contribution in [1.29, 1.82) is 0 Å². The second-order valence-electron chi connectivity index (χ2n) is 3.94. The van der Waals surface area contributed by atoms with Gasteiger partial charge in [-0.1, -0.05) is 12.1 Å². The average Bonchev–Trinajstić information content (AvgIpc) is 2.92. The highest BCUT2D eigenvalue weighted by Crippen LogP contribution is 2.15. The molecule has 0 fully saturated rings. The maximum Gasteiger partial charge on any atom is 0.273 e. The Morgan fingerprint density at radius 3 is 2.55 bits per heavy atom. The van der Waals surface area contributed by atoms with Crippen molar-refractivity contribution in [3.63, 3.8) is 0 Å². The lowest BCUT2D eigenvalue weighted by molar-refractivity contribution is 0.0949. The first kappa shape index (κ1) is 14.5. The quantitative estimate of drug-likeness (QED) is 0.791. The van der Waals surface area contributed by atoms with Gasteiger partial charge < -0.3 is 5.32 Å². The Morgan fingerprint density at radius 1 is 1.30 bits per heavy atom. The zero-order valence-corrected chi connectivity index (χ0v) is 11.8. The average molecular weight is 315 g/mol. The zero-order chi connectivity index (χ0) is 14.6. The molecule has 0 atom stereocenters. The summed E-state index contributed by atoms with van der Waals surface area (Å²) in [6.45, 7) is 0.401. The summed E-state index contributed by atoms with van der Waals surface area (Å²) < 4.78 is 22.1. The molecule has 2 N–H and O–H groups in total. The maximum absolute atomic E-state index is 11.6. The third-order valence-corrected chi connectivity index (χ3v) is 3.92. The normalized spacial score (nSPS) is 11.2. The standard InChI is InChI=1S/C11H11ClN4O3S/c12-20(18,19)9-3-1-8(2-4-9)5-6-13-11(17)10-7-14-16-15-10/h1-4,7H,5-6H2,(H,13,17)(H,14,15,16). The van der Waals surface area contributed by atoms with Gasteiger partial charge in [0.15, 0.2) is 5.69 Å². The molecule has 1 heterocycles. The molecule has 0 aliphatic carbocycles. The van der Waals surface area contributed by atoms with Gasteiger partial charge >= 0.3 is 0 Å². The molecule has 1 aromatic carbocycles. The molecule has 0 radical (unpaired) electrons. The van der Waals surface area contributed by atoms with Crippen molar-refractivity contribution in [2.24, 2.45) is 0 Å². The largest absolute Gasteiger partial charge is 0.350 e. The lowest BCUT2D eigenvalue weighted by Gasteiger charge is -2.04. The van der Waals surface area contributed by atoms with Gasteiger partial charge in [0.25, 0.3) is 15.0 Å². The van der Waals surface area contributed by atoms with Crippen LogP contribution in [0, 0.1) is 0 Å². The van der Waals surface area contributed by atoms with Gasteiger partial charge in [0.05, 0.1) is 11.1 Å². The van der Waals surface area contributed by atoms with Gasteiger partial charge in [-0.3, -0.25) is 4.79 Å². The molecule has 2 aromatic rings. The van der Waals surface area contributed by atoms with Crippen molar-refractivity contribution in [3.8, 4) is 0 Å². The van der Waals surface area contributed by atoms with Crippen molar-refractivity contribution in [2.75, 3.05) is 6.54 Å². The minimum atomic E-state index is -3.70. The summed E-state index contributed by atoms with van der Waals surface area (Å²) >= 11 is 0. The van der Waals surface area contributed by atoms with E-state index in [1.54, 1.807) is 12.1 Å². The van der Waals surface area contributed by atoms with Crippen molar-refractivity contribution in [1.82, 2.24) is 20.7 Å². The Labute approximate surface area is 119 Å². The molecule has 0 aliphatic heterocycles. The Kier molecular flexibility index (Phi) is 4.35. The van der Waals surface area contributed by atoms with E-state index >= 15 is 0 Å². The molecule has 106 valence electrons. The Balaban J connectivity index is 1.87. The molecule has 0 saturated heterocycles. The highest BCUT2D eigenvalue weighted by Gasteiger charge is 2.10. The summed E-state index contributed by atoms with van der Waals surface area (Å²) in [4.78, 5) is 11.6. The second kappa shape index (κ2) is 6.02. The van der Waals surface area contributed by atoms with E-state index in [0.717, 1.165) is 5.56 Å². The van der Waals surface area contributed by atoms with Gasteiger partial charge in [0, 0.05) is 17.2 Å². The van der Waals surface area contributed by atoms with Crippen LogP contribution in [0.1, 0.15) is 16.1 Å². The molecule has 1 amide bonds. The molecular weight excluding hydrogens is 304 g/mol. The monoisotopic (exact) mass is 314 g/mol. The number of H-pyrrole nitrogens is 1. The van der Waals surface area contributed by atoms with E-state index in [1.807, 2.05) is 0 Å². The number of hydrogen-bond acceptors (Lipinski definition) is 5. The number of rotatable bonds is 5. The lowest BCUT2D eigenvalue weighted by atomic mass is 10.1. The maximum atomic E-state index is 11.6. The molecule has 7 nitrogen and oxygen atoms in total. The molecule has 0 aliphatic rings. The van der Waals surface area contributed by atoms with Crippen LogP contribution in [0.4, 0.5) is 0 Å². The lowest BCUT2D eigenvalue weighted by Crippen LogP contribution is -2.26. The van der Waals surface area contributed by atoms with Crippen LogP contribution in [-0.4, -0.2) is 36.3 Å². The first-order chi connectivity index (χ1) is 9.47. The molecular formula is C11H11ClN4O3S. The first-order valence-corrected chi connectivity index (χ1v) is 7.95. The van der Waals surface area contributed by atoms with Crippen LogP contribution in [0.5, 0.6) is 0 Å². The number of aromatic nitrogens is 3. The number of nitrogens with one attached hydrogen (secondary N) is 2. The number of carbonyl (C=O) groups excluding carboxylic acids is 1. The van der Waals surface area contributed by atoms with Gasteiger partial charge in [-0.15, -0.1) is 0 Å². The molecule has 9 heteroatoms. The molecule has 0 spiro atoms. The smallest absolute Gasteiger partial charge is 0.273 e. The van der Waals surface area contributed by atoms with Crippen molar-refractivity contribution >= 4 is 25.6 Å². The van der Waals surface area contributed by atoms with Gasteiger partial charge in [0.1, 0.15) is 0 Å². The minimum Gasteiger partial charge on any atom is -0.350 e. The number of carbonyl (C=O) groups is 1. The summed E-state index contributed by atoms with van der Waals surface area (Å²) in [5.41, 5.74) is 1.10. The number of halogens is 1. The van der Waals surface area contributed by atoms with Crippen LogP contribution in [0.2, 0.25) is 0 Å². The highest BCUT2D eigenvalue weighted by atomic mass is 35.7. The van der Waals surface area contributed by atoms with Crippen LogP contribution in [0.15, 0.2) is 35.4 Å². The first-order valence-electron chi connectivity index (χ1n) is 5.64. The number of amides is 1. The van der Waals surface area contributed by atoms with Crippen LogP contribution < -0.4 is 5.32 Å². The number of benzene rings is 1. The highest BCUT2D eigenvalue weighted by molar-refractivity contribution is 8.13. The molecule has 1 aromatic heterocycles. The van der Waals surface area contributed by atoms with E-state index < -0.39 is 9.05 Å². The van der Waals surface area contributed by atoms with Crippen LogP contribution in [0.3, 0.4) is 0 Å². The number of nitrogens with zero attached hydrogens (tertiary/aromatic N) is 2. The van der Waals surface area contributed by atoms with Gasteiger partial charge in [-0.25, -0.2) is 8.42 Å². The van der Waals surface area contributed by atoms with Gasteiger partial charge in [-0.2, -0.15) is 15.4 Å². The van der Waals surface area contributed by atoms with Crippen LogP contribution in [-0.2, 0) is 15.5 Å². The Morgan fingerprint density at radius 2 is 2.00 bits per heavy atom. The van der Waals surface area contributed by atoms with Gasteiger partial charge in [0.2, 0.25) is 0 Å². The van der Waals surface area contributed by atoms with E-state index in [4.69, 9.17) is 10.7 Å². The molecule has 0 unspecified atom stereocenters. The minimum absolute atomic E-state index is 0.0505. The zero-order valence-electron chi connectivity index (χ0n) is 10.2. The van der Waals surface area contributed by atoms with E-state index in [0.29, 0.717) is 13.0 Å². The summed E-state index contributed by atoms with van der Waals surface area (Å²) in [7, 11) is 1.51. The SMILES string of the molecule is O=C(NCCc1ccc(S(=O)(=O)Cl)cc1)c1cn[nH]n1. The third kappa shape index (κ3) is 3.78. The summed E-state index contributed by atoms with van der Waals surface area (Å²) in [6, 6.07) is 6.16. The summed E-state index contributed by atoms with van der Waals surface area (Å²) in [5.74, 6) is -0.321. The van der Waals surface area contributed by atoms with Crippen LogP contribution >= 0.6 is 10.7 Å². The topological polar surface area (TPSA) is 105 Å². The Hall–Kier alpha value is -1.93. The van der Waals surface area contributed by atoms with E-state index in [9.17, 15) is 13.2 Å². The fourth-order valence-corrected chi connectivity index (χ4v) is 2.31. The molecule has 0 saturated carbocycles. The number of hydrogen-bond donors (Lipinski definition) is 2.